The summed E-state index contributed by atoms with van der Waals surface area (Å²) in [4.78, 5) is 43.2. The Morgan fingerprint density at radius 3 is 2.64 bits per heavy atom. The average molecular weight is 449 g/mol. The van der Waals surface area contributed by atoms with Gasteiger partial charge in [-0.25, -0.2) is 4.79 Å². The Hall–Kier alpha value is -3.35. The number of aryl methyl sites for hydroxylation is 1. The van der Waals surface area contributed by atoms with Crippen LogP contribution in [0.3, 0.4) is 0 Å². The molecule has 0 saturated carbocycles. The molecular formula is C26H28N2O5. The van der Waals surface area contributed by atoms with Crippen molar-refractivity contribution in [3.63, 3.8) is 0 Å². The number of hydrogen-bond donors (Lipinski definition) is 1. The largest absolute Gasteiger partial charge is 0.462 e. The summed E-state index contributed by atoms with van der Waals surface area (Å²) < 4.78 is 11.2. The number of ether oxygens (including phenoxy) is 2. The molecule has 0 saturated heterocycles. The second kappa shape index (κ2) is 6.83. The molecule has 0 fully saturated rings. The highest BCUT2D eigenvalue weighted by atomic mass is 16.5. The third kappa shape index (κ3) is 2.53. The molecule has 1 amide bonds. The minimum absolute atomic E-state index is 0.0947. The summed E-state index contributed by atoms with van der Waals surface area (Å²) >= 11 is 0. The van der Waals surface area contributed by atoms with Crippen LogP contribution in [0.4, 0.5) is 5.69 Å². The predicted octanol–water partition coefficient (Wildman–Crippen LogP) is 3.55. The Kier molecular flexibility index (Phi) is 4.45. The highest BCUT2D eigenvalue weighted by molar-refractivity contribution is 6.25. The molecule has 3 aliphatic heterocycles. The van der Waals surface area contributed by atoms with Gasteiger partial charge >= 0.3 is 5.97 Å². The maximum absolute atomic E-state index is 14.7. The van der Waals surface area contributed by atoms with Crippen molar-refractivity contribution in [1.82, 2.24) is 0 Å². The number of Topliss-reactive ketones (excluding diaryl/α,β-unsaturated/α-hetero) is 1. The maximum atomic E-state index is 14.7. The van der Waals surface area contributed by atoms with Crippen LogP contribution < -0.4 is 10.6 Å². The van der Waals surface area contributed by atoms with E-state index >= 15 is 0 Å². The molecule has 1 atom stereocenters. The molecule has 0 aromatic heterocycles. The SMILES string of the molecule is CCOC(=O)C1=C(N)OC2=C(C(=O)CCC2)[C@]12C(=O)N1c3c(ccc(C)c32)C(C)=CC1(C)C. The average Bonchev–Trinajstić information content (AvgIpc) is 2.98. The van der Waals surface area contributed by atoms with E-state index in [1.165, 1.54) is 0 Å². The van der Waals surface area contributed by atoms with Crippen LogP contribution in [0, 0.1) is 6.92 Å². The Morgan fingerprint density at radius 1 is 1.21 bits per heavy atom. The Morgan fingerprint density at radius 2 is 1.94 bits per heavy atom. The van der Waals surface area contributed by atoms with Gasteiger partial charge in [-0.05, 0) is 52.2 Å². The van der Waals surface area contributed by atoms with Gasteiger partial charge in [0.05, 0.1) is 23.4 Å². The van der Waals surface area contributed by atoms with E-state index in [1.54, 1.807) is 11.8 Å². The predicted molar refractivity (Wildman–Crippen MR) is 123 cm³/mol. The van der Waals surface area contributed by atoms with Gasteiger partial charge in [0, 0.05) is 24.0 Å². The fraction of sp³-hybridized carbons (Fsp3) is 0.423. The number of hydrogen-bond acceptors (Lipinski definition) is 6. The second-order valence-electron chi connectivity index (χ2n) is 9.66. The molecule has 3 heterocycles. The molecule has 5 rings (SSSR count). The lowest BCUT2D eigenvalue weighted by molar-refractivity contribution is -0.141. The van der Waals surface area contributed by atoms with Crippen molar-refractivity contribution in [2.24, 2.45) is 5.73 Å². The first kappa shape index (κ1) is 21.5. The molecule has 172 valence electrons. The number of amides is 1. The minimum Gasteiger partial charge on any atom is -0.462 e. The van der Waals surface area contributed by atoms with E-state index in [9.17, 15) is 14.4 Å². The van der Waals surface area contributed by atoms with Gasteiger partial charge in [0.1, 0.15) is 16.7 Å². The summed E-state index contributed by atoms with van der Waals surface area (Å²) in [6.07, 6.45) is 3.40. The van der Waals surface area contributed by atoms with Crippen molar-refractivity contribution >= 4 is 28.9 Å². The van der Waals surface area contributed by atoms with Crippen molar-refractivity contribution in [2.45, 2.75) is 64.8 Å². The van der Waals surface area contributed by atoms with Crippen LogP contribution in [0.25, 0.3) is 5.57 Å². The lowest BCUT2D eigenvalue weighted by atomic mass is 9.63. The fourth-order valence-electron chi connectivity index (χ4n) is 6.06. The molecule has 1 aromatic rings. The minimum atomic E-state index is -1.69. The third-order valence-electron chi connectivity index (χ3n) is 7.15. The summed E-state index contributed by atoms with van der Waals surface area (Å²) in [7, 11) is 0. The van der Waals surface area contributed by atoms with Crippen LogP contribution in [0.5, 0.6) is 0 Å². The van der Waals surface area contributed by atoms with Gasteiger partial charge in [0.2, 0.25) is 11.8 Å². The molecule has 4 aliphatic rings. The number of rotatable bonds is 2. The van der Waals surface area contributed by atoms with Gasteiger partial charge in [-0.2, -0.15) is 0 Å². The lowest BCUT2D eigenvalue weighted by Gasteiger charge is -2.41. The lowest BCUT2D eigenvalue weighted by Crippen LogP contribution is -2.55. The number of ketones is 1. The number of nitrogens with two attached hydrogens (primary N) is 1. The van der Waals surface area contributed by atoms with Gasteiger partial charge < -0.3 is 20.1 Å². The quantitative estimate of drug-likeness (QED) is 0.695. The van der Waals surface area contributed by atoms with E-state index in [-0.39, 0.29) is 41.7 Å². The summed E-state index contributed by atoms with van der Waals surface area (Å²) in [5, 5.41) is 0. The third-order valence-corrected chi connectivity index (χ3v) is 7.15. The maximum Gasteiger partial charge on any atom is 0.341 e. The van der Waals surface area contributed by atoms with Crippen molar-refractivity contribution in [3.05, 3.63) is 57.7 Å². The normalized spacial score (nSPS) is 25.1. The van der Waals surface area contributed by atoms with Crippen molar-refractivity contribution in [1.29, 1.82) is 0 Å². The van der Waals surface area contributed by atoms with Gasteiger partial charge in [0.15, 0.2) is 5.78 Å². The van der Waals surface area contributed by atoms with Crippen LogP contribution in [0.2, 0.25) is 0 Å². The summed E-state index contributed by atoms with van der Waals surface area (Å²) in [5.41, 5.74) is 8.21. The van der Waals surface area contributed by atoms with Crippen LogP contribution in [0.1, 0.15) is 63.6 Å². The van der Waals surface area contributed by atoms with Gasteiger partial charge in [-0.15, -0.1) is 0 Å². The van der Waals surface area contributed by atoms with Crippen LogP contribution >= 0.6 is 0 Å². The first-order valence-corrected chi connectivity index (χ1v) is 11.4. The molecule has 1 aromatic carbocycles. The Bertz CT molecular complexity index is 1250. The number of anilines is 1. The van der Waals surface area contributed by atoms with Crippen LogP contribution in [0.15, 0.2) is 41.0 Å². The summed E-state index contributed by atoms with van der Waals surface area (Å²) in [5.74, 6) is -1.09. The molecular weight excluding hydrogens is 420 g/mol. The van der Waals surface area contributed by atoms with E-state index in [1.807, 2.05) is 45.9 Å². The number of nitrogens with zero attached hydrogens (tertiary/aromatic N) is 1. The smallest absolute Gasteiger partial charge is 0.341 e. The van der Waals surface area contributed by atoms with E-state index < -0.39 is 16.9 Å². The van der Waals surface area contributed by atoms with Gasteiger partial charge in [-0.1, -0.05) is 18.2 Å². The van der Waals surface area contributed by atoms with Crippen LogP contribution in [-0.2, 0) is 29.3 Å². The number of esters is 1. The number of carbonyl (C=O) groups excluding carboxylic acids is 3. The number of allylic oxidation sites excluding steroid dienone is 2. The Labute approximate surface area is 192 Å². The first-order chi connectivity index (χ1) is 15.6. The van der Waals surface area contributed by atoms with E-state index in [0.29, 0.717) is 24.2 Å². The monoisotopic (exact) mass is 448 g/mol. The molecule has 33 heavy (non-hydrogen) atoms. The number of fused-ring (bicyclic) bond motifs is 2. The molecule has 1 spiro atoms. The number of benzene rings is 1. The number of carbonyl (C=O) groups is 3. The topological polar surface area (TPSA) is 98.9 Å². The molecule has 7 nitrogen and oxygen atoms in total. The van der Waals surface area contributed by atoms with E-state index in [4.69, 9.17) is 15.2 Å². The molecule has 0 radical (unpaired) electrons. The van der Waals surface area contributed by atoms with Crippen LogP contribution in [-0.4, -0.2) is 29.8 Å². The molecule has 1 aliphatic carbocycles. The fourth-order valence-corrected chi connectivity index (χ4v) is 6.06. The zero-order valence-corrected chi connectivity index (χ0v) is 19.6. The highest BCUT2D eigenvalue weighted by Gasteiger charge is 2.66. The molecule has 7 heteroatoms. The summed E-state index contributed by atoms with van der Waals surface area (Å²) in [6.45, 7) is 9.61. The standard InChI is InChI=1S/C26H28N2O5/c1-6-32-23(30)20-22(27)33-17-9-7-8-16(29)19(17)26(20)18-13(2)10-11-15-14(3)12-25(4,5)28(21(15)18)24(26)31/h10-12H,6-9,27H2,1-5H3/t26-/m0/s1. The van der Waals surface area contributed by atoms with Crippen molar-refractivity contribution in [3.8, 4) is 0 Å². The van der Waals surface area contributed by atoms with Crippen molar-refractivity contribution < 1.29 is 23.9 Å². The second-order valence-corrected chi connectivity index (χ2v) is 9.66. The van der Waals surface area contributed by atoms with Crippen molar-refractivity contribution in [2.75, 3.05) is 11.5 Å². The summed E-state index contributed by atoms with van der Waals surface area (Å²) in [6, 6.07) is 3.92. The Balaban J connectivity index is 1.97. The highest BCUT2D eigenvalue weighted by Crippen LogP contribution is 2.61. The zero-order valence-electron chi connectivity index (χ0n) is 19.6. The van der Waals surface area contributed by atoms with Gasteiger partial charge in [0.25, 0.3) is 0 Å². The molecule has 2 N–H and O–H groups in total. The van der Waals surface area contributed by atoms with Gasteiger partial charge in [-0.3, -0.25) is 9.59 Å². The van der Waals surface area contributed by atoms with E-state index in [2.05, 4.69) is 0 Å². The molecule has 0 bridgehead atoms. The first-order valence-electron chi connectivity index (χ1n) is 11.4. The van der Waals surface area contributed by atoms with E-state index in [0.717, 1.165) is 22.4 Å². The molecule has 0 unspecified atom stereocenters. The zero-order chi connectivity index (χ0) is 23.9.